The number of methoxy groups -OCH3 is 1. The van der Waals surface area contributed by atoms with Crippen LogP contribution in [-0.4, -0.2) is 43.4 Å². The molecule has 0 spiro atoms. The number of nitrogens with zero attached hydrogens (tertiary/aromatic N) is 2. The summed E-state index contributed by atoms with van der Waals surface area (Å²) in [6, 6.07) is 1.77. The highest BCUT2D eigenvalue weighted by Crippen LogP contribution is 2.14. The first-order chi connectivity index (χ1) is 7.98. The molecule has 0 saturated heterocycles. The van der Waals surface area contributed by atoms with Crippen LogP contribution in [0.15, 0.2) is 6.07 Å². The van der Waals surface area contributed by atoms with Gasteiger partial charge in [-0.3, -0.25) is 0 Å². The Morgan fingerprint density at radius 1 is 1.53 bits per heavy atom. The smallest absolute Gasteiger partial charge is 0.213 e. The molecule has 7 heteroatoms. The van der Waals surface area contributed by atoms with E-state index >= 15 is 0 Å². The van der Waals surface area contributed by atoms with Crippen LogP contribution >= 0.6 is 0 Å². The number of aromatic nitrogens is 2. The van der Waals surface area contributed by atoms with Gasteiger partial charge in [0.2, 0.25) is 5.88 Å². The van der Waals surface area contributed by atoms with Crippen LogP contribution in [0.5, 0.6) is 5.88 Å². The van der Waals surface area contributed by atoms with Crippen LogP contribution in [-0.2, 0) is 16.9 Å². The Labute approximate surface area is 102 Å². The molecule has 0 aliphatic carbocycles. The molecule has 1 rings (SSSR count). The predicted molar refractivity (Wildman–Crippen MR) is 67.2 cm³/mol. The minimum Gasteiger partial charge on any atom is -0.481 e. The molecule has 17 heavy (non-hydrogen) atoms. The molecule has 1 aromatic heterocycles. The summed E-state index contributed by atoms with van der Waals surface area (Å²) in [7, 11) is 0.489. The van der Waals surface area contributed by atoms with Gasteiger partial charge in [0.25, 0.3) is 0 Å². The quantitative estimate of drug-likeness (QED) is 0.730. The monoisotopic (exact) mass is 261 g/mol. The first-order valence-electron chi connectivity index (χ1n) is 5.51. The summed E-state index contributed by atoms with van der Waals surface area (Å²) in [5.41, 5.74) is 0. The molecule has 1 N–H and O–H groups in total. The zero-order chi connectivity index (χ0) is 12.9. The van der Waals surface area contributed by atoms with Crippen molar-refractivity contribution in [2.24, 2.45) is 7.05 Å². The van der Waals surface area contributed by atoms with Gasteiger partial charge in [-0.25, -0.2) is 13.1 Å². The first-order valence-corrected chi connectivity index (χ1v) is 7.33. The third-order valence-electron chi connectivity index (χ3n) is 2.42. The Balaban J connectivity index is 2.36. The molecule has 6 nitrogen and oxygen atoms in total. The van der Waals surface area contributed by atoms with E-state index in [2.05, 4.69) is 10.4 Å². The molecule has 0 saturated carbocycles. The number of hydrogen-bond donors (Lipinski definition) is 1. The highest BCUT2D eigenvalue weighted by molar-refractivity contribution is 7.91. The maximum Gasteiger partial charge on any atom is 0.213 e. The highest BCUT2D eigenvalue weighted by atomic mass is 32.2. The van der Waals surface area contributed by atoms with E-state index in [1.807, 2.05) is 0 Å². The fourth-order valence-electron chi connectivity index (χ4n) is 1.38. The zero-order valence-corrected chi connectivity index (χ0v) is 11.2. The van der Waals surface area contributed by atoms with E-state index in [1.165, 1.54) is 0 Å². The maximum atomic E-state index is 11.2. The second-order valence-corrected chi connectivity index (χ2v) is 6.18. The van der Waals surface area contributed by atoms with E-state index in [0.29, 0.717) is 24.7 Å². The lowest BCUT2D eigenvalue weighted by Crippen LogP contribution is -2.13. The van der Waals surface area contributed by atoms with Crippen molar-refractivity contribution in [2.45, 2.75) is 13.3 Å². The Bertz CT molecular complexity index is 453. The van der Waals surface area contributed by atoms with Crippen molar-refractivity contribution < 1.29 is 13.2 Å². The number of anilines is 1. The highest BCUT2D eigenvalue weighted by Gasteiger charge is 2.07. The second kappa shape index (κ2) is 5.90. The van der Waals surface area contributed by atoms with Gasteiger partial charge in [0.05, 0.1) is 12.9 Å². The van der Waals surface area contributed by atoms with E-state index in [1.54, 1.807) is 31.8 Å². The van der Waals surface area contributed by atoms with Crippen LogP contribution in [0.3, 0.4) is 0 Å². The second-order valence-electron chi connectivity index (χ2n) is 3.71. The van der Waals surface area contributed by atoms with Gasteiger partial charge in [0.15, 0.2) is 5.82 Å². The van der Waals surface area contributed by atoms with Crippen molar-refractivity contribution in [3.8, 4) is 5.88 Å². The van der Waals surface area contributed by atoms with E-state index in [-0.39, 0.29) is 11.5 Å². The maximum absolute atomic E-state index is 11.2. The summed E-state index contributed by atoms with van der Waals surface area (Å²) in [6.45, 7) is 2.24. The molecule has 0 fully saturated rings. The van der Waals surface area contributed by atoms with Gasteiger partial charge in [-0.1, -0.05) is 6.92 Å². The molecule has 0 unspecified atom stereocenters. The number of sulfone groups is 1. The Kier molecular flexibility index (Phi) is 4.80. The SMILES string of the molecule is CCS(=O)(=O)CCCNc1cc(OC)n(C)n1. The third kappa shape index (κ3) is 4.26. The molecule has 0 atom stereocenters. The molecule has 0 bridgehead atoms. The molecule has 1 aromatic rings. The molecule has 0 radical (unpaired) electrons. The van der Waals surface area contributed by atoms with Gasteiger partial charge in [-0.2, -0.15) is 5.10 Å². The summed E-state index contributed by atoms with van der Waals surface area (Å²) >= 11 is 0. The largest absolute Gasteiger partial charge is 0.481 e. The molecular formula is C10H19N3O3S. The lowest BCUT2D eigenvalue weighted by molar-refractivity contribution is 0.373. The number of nitrogens with one attached hydrogen (secondary N) is 1. The van der Waals surface area contributed by atoms with Gasteiger partial charge in [-0.05, 0) is 6.42 Å². The summed E-state index contributed by atoms with van der Waals surface area (Å²) < 4.78 is 29.2. The Hall–Kier alpha value is -1.24. The van der Waals surface area contributed by atoms with Gasteiger partial charge in [0, 0.05) is 25.4 Å². The van der Waals surface area contributed by atoms with E-state index < -0.39 is 9.84 Å². The summed E-state index contributed by atoms with van der Waals surface area (Å²) in [6.07, 6.45) is 0.578. The number of aryl methyl sites for hydroxylation is 1. The standard InChI is InChI=1S/C10H19N3O3S/c1-4-17(14,15)7-5-6-11-9-8-10(16-3)13(2)12-9/h8H,4-7H2,1-3H3,(H,11,12). The predicted octanol–water partition coefficient (Wildman–Crippen LogP) is 0.665. The van der Waals surface area contributed by atoms with Crippen LogP contribution < -0.4 is 10.1 Å². The summed E-state index contributed by atoms with van der Waals surface area (Å²) in [5.74, 6) is 1.76. The van der Waals surface area contributed by atoms with Crippen molar-refractivity contribution in [3.05, 3.63) is 6.07 Å². The minimum atomic E-state index is -2.87. The van der Waals surface area contributed by atoms with Crippen LogP contribution in [0.25, 0.3) is 0 Å². The zero-order valence-electron chi connectivity index (χ0n) is 10.4. The number of ether oxygens (including phenoxy) is 1. The van der Waals surface area contributed by atoms with Gasteiger partial charge in [0.1, 0.15) is 9.84 Å². The Morgan fingerprint density at radius 3 is 2.76 bits per heavy atom. The molecule has 98 valence electrons. The van der Waals surface area contributed by atoms with Crippen LogP contribution in [0.2, 0.25) is 0 Å². The first kappa shape index (κ1) is 13.8. The fourth-order valence-corrected chi connectivity index (χ4v) is 2.25. The van der Waals surface area contributed by atoms with E-state index in [4.69, 9.17) is 4.74 Å². The third-order valence-corrected chi connectivity index (χ3v) is 4.21. The van der Waals surface area contributed by atoms with E-state index in [0.717, 1.165) is 0 Å². The van der Waals surface area contributed by atoms with Gasteiger partial charge >= 0.3 is 0 Å². The lowest BCUT2D eigenvalue weighted by atomic mass is 10.4. The molecule has 0 aliphatic rings. The van der Waals surface area contributed by atoms with Crippen molar-refractivity contribution >= 4 is 15.7 Å². The van der Waals surface area contributed by atoms with Crippen LogP contribution in [0.4, 0.5) is 5.82 Å². The number of rotatable bonds is 7. The Morgan fingerprint density at radius 2 is 2.24 bits per heavy atom. The van der Waals surface area contributed by atoms with Crippen molar-refractivity contribution in [2.75, 3.05) is 30.5 Å². The summed E-state index contributed by atoms with van der Waals surface area (Å²) in [4.78, 5) is 0. The molecule has 1 heterocycles. The molecule has 0 amide bonds. The molecule has 0 aromatic carbocycles. The average molecular weight is 261 g/mol. The van der Waals surface area contributed by atoms with E-state index in [9.17, 15) is 8.42 Å². The molecular weight excluding hydrogens is 242 g/mol. The van der Waals surface area contributed by atoms with Crippen LogP contribution in [0, 0.1) is 0 Å². The van der Waals surface area contributed by atoms with Crippen molar-refractivity contribution in [1.29, 1.82) is 0 Å². The lowest BCUT2D eigenvalue weighted by Gasteiger charge is -2.02. The van der Waals surface area contributed by atoms with Crippen molar-refractivity contribution in [1.82, 2.24) is 9.78 Å². The van der Waals surface area contributed by atoms with Crippen LogP contribution in [0.1, 0.15) is 13.3 Å². The summed E-state index contributed by atoms with van der Waals surface area (Å²) in [5, 5.41) is 7.23. The van der Waals surface area contributed by atoms with Crippen molar-refractivity contribution in [3.63, 3.8) is 0 Å². The van der Waals surface area contributed by atoms with Gasteiger partial charge < -0.3 is 10.1 Å². The minimum absolute atomic E-state index is 0.199. The topological polar surface area (TPSA) is 73.2 Å². The normalized spacial score (nSPS) is 11.5. The molecule has 0 aliphatic heterocycles. The fraction of sp³-hybridized carbons (Fsp3) is 0.700. The number of hydrogen-bond acceptors (Lipinski definition) is 5. The van der Waals surface area contributed by atoms with Gasteiger partial charge in [-0.15, -0.1) is 0 Å². The average Bonchev–Trinajstić information content (AvgIpc) is 2.65.